The van der Waals surface area contributed by atoms with E-state index in [1.807, 2.05) is 0 Å². The van der Waals surface area contributed by atoms with E-state index in [-0.39, 0.29) is 11.3 Å². The van der Waals surface area contributed by atoms with Crippen LogP contribution in [0.3, 0.4) is 0 Å². The molecule has 1 fully saturated rings. The summed E-state index contributed by atoms with van der Waals surface area (Å²) in [6.45, 7) is 12.3. The third-order valence-corrected chi connectivity index (χ3v) is 3.96. The normalized spacial score (nSPS) is 18.9. The maximum Gasteiger partial charge on any atom is 0.226 e. The third-order valence-electron chi connectivity index (χ3n) is 3.96. The molecule has 1 aliphatic rings. The summed E-state index contributed by atoms with van der Waals surface area (Å²) in [5, 5.41) is 6.41. The van der Waals surface area contributed by atoms with E-state index < -0.39 is 0 Å². The first-order valence-electron chi connectivity index (χ1n) is 7.33. The summed E-state index contributed by atoms with van der Waals surface area (Å²) in [5.74, 6) is 0.233. The van der Waals surface area contributed by atoms with Gasteiger partial charge in [0.05, 0.1) is 0 Å². The third kappa shape index (κ3) is 4.58. The van der Waals surface area contributed by atoms with Gasteiger partial charge in [0.15, 0.2) is 0 Å². The van der Waals surface area contributed by atoms with Crippen LogP contribution in [0.4, 0.5) is 0 Å². The summed E-state index contributed by atoms with van der Waals surface area (Å²) in [6.07, 6.45) is 3.07. The Morgan fingerprint density at radius 1 is 1.28 bits per heavy atom. The Morgan fingerprint density at radius 2 is 1.94 bits per heavy atom. The average molecular weight is 255 g/mol. The number of likely N-dealkylation sites (N-methyl/N-ethyl adjacent to an activating group) is 1. The van der Waals surface area contributed by atoms with Gasteiger partial charge in [-0.1, -0.05) is 20.8 Å². The lowest BCUT2D eigenvalue weighted by Gasteiger charge is -2.32. The fourth-order valence-electron chi connectivity index (χ4n) is 2.49. The second-order valence-electron chi connectivity index (χ2n) is 5.50. The van der Waals surface area contributed by atoms with Crippen molar-refractivity contribution in [1.29, 1.82) is 0 Å². The average Bonchev–Trinajstić information content (AvgIpc) is 2.38. The Hall–Kier alpha value is -0.610. The van der Waals surface area contributed by atoms with Crippen molar-refractivity contribution in [2.24, 2.45) is 5.41 Å². The number of carbonyl (C=O) groups is 1. The fourth-order valence-corrected chi connectivity index (χ4v) is 2.49. The molecule has 0 spiro atoms. The zero-order valence-corrected chi connectivity index (χ0v) is 12.2. The van der Waals surface area contributed by atoms with Crippen LogP contribution in [0.5, 0.6) is 0 Å². The molecule has 4 nitrogen and oxygen atoms in total. The van der Waals surface area contributed by atoms with Crippen LogP contribution in [-0.4, -0.2) is 50.1 Å². The number of nitrogens with zero attached hydrogens (tertiary/aromatic N) is 1. The number of hydrogen-bond donors (Lipinski definition) is 2. The number of nitrogens with one attached hydrogen (secondary N) is 2. The summed E-state index contributed by atoms with van der Waals surface area (Å²) in [5.41, 5.74) is -0.160. The van der Waals surface area contributed by atoms with Crippen LogP contribution < -0.4 is 10.6 Å². The van der Waals surface area contributed by atoms with Crippen molar-refractivity contribution in [1.82, 2.24) is 15.5 Å². The molecule has 0 aliphatic carbocycles. The van der Waals surface area contributed by atoms with Gasteiger partial charge < -0.3 is 15.5 Å². The summed E-state index contributed by atoms with van der Waals surface area (Å²) in [6, 6.07) is 0. The lowest BCUT2D eigenvalue weighted by atomic mass is 9.80. The first-order valence-corrected chi connectivity index (χ1v) is 7.33. The van der Waals surface area contributed by atoms with E-state index in [0.717, 1.165) is 52.1 Å². The van der Waals surface area contributed by atoms with Crippen molar-refractivity contribution in [3.05, 3.63) is 0 Å². The Balaban J connectivity index is 2.27. The van der Waals surface area contributed by atoms with Gasteiger partial charge in [0.25, 0.3) is 0 Å². The van der Waals surface area contributed by atoms with Crippen LogP contribution >= 0.6 is 0 Å². The number of amides is 1. The quantitative estimate of drug-likeness (QED) is 0.719. The minimum Gasteiger partial charge on any atom is -0.354 e. The van der Waals surface area contributed by atoms with E-state index in [4.69, 9.17) is 0 Å². The first kappa shape index (κ1) is 15.4. The molecule has 0 unspecified atom stereocenters. The Labute approximate surface area is 111 Å². The Kier molecular flexibility index (Phi) is 6.65. The molecule has 1 amide bonds. The van der Waals surface area contributed by atoms with Gasteiger partial charge in [0.2, 0.25) is 5.91 Å². The minimum atomic E-state index is -0.160. The van der Waals surface area contributed by atoms with Gasteiger partial charge in [-0.05, 0) is 45.4 Å². The van der Waals surface area contributed by atoms with E-state index in [2.05, 4.69) is 36.3 Å². The van der Waals surface area contributed by atoms with Gasteiger partial charge in [-0.25, -0.2) is 0 Å². The van der Waals surface area contributed by atoms with E-state index in [9.17, 15) is 4.79 Å². The molecule has 1 aliphatic heterocycles. The fraction of sp³-hybridized carbons (Fsp3) is 0.929. The molecular weight excluding hydrogens is 226 g/mol. The maximum atomic E-state index is 12.2. The number of rotatable bonds is 7. The molecule has 2 N–H and O–H groups in total. The summed E-state index contributed by atoms with van der Waals surface area (Å²) in [7, 11) is 0. The van der Waals surface area contributed by atoms with Gasteiger partial charge in [-0.2, -0.15) is 0 Å². The monoisotopic (exact) mass is 255 g/mol. The maximum absolute atomic E-state index is 12.2. The highest BCUT2D eigenvalue weighted by atomic mass is 16.2. The van der Waals surface area contributed by atoms with Crippen molar-refractivity contribution >= 4 is 5.91 Å². The zero-order valence-electron chi connectivity index (χ0n) is 12.2. The van der Waals surface area contributed by atoms with E-state index in [1.165, 1.54) is 6.42 Å². The standard InChI is InChI=1S/C14H29N3O/c1-4-11-17(5-2)12-10-16-13(18)14(3)6-8-15-9-7-14/h15H,4-12H2,1-3H3,(H,16,18). The van der Waals surface area contributed by atoms with Gasteiger partial charge in [0.1, 0.15) is 0 Å². The van der Waals surface area contributed by atoms with Gasteiger partial charge in [-0.3, -0.25) is 4.79 Å². The number of carbonyl (C=O) groups excluding carboxylic acids is 1. The molecule has 0 atom stereocenters. The van der Waals surface area contributed by atoms with Crippen molar-refractivity contribution < 1.29 is 4.79 Å². The second kappa shape index (κ2) is 7.74. The lowest BCUT2D eigenvalue weighted by Crippen LogP contribution is -2.47. The molecule has 0 saturated carbocycles. The van der Waals surface area contributed by atoms with Crippen LogP contribution in [0, 0.1) is 5.41 Å². The zero-order chi connectivity index (χ0) is 13.4. The number of hydrogen-bond acceptors (Lipinski definition) is 3. The highest BCUT2D eigenvalue weighted by Crippen LogP contribution is 2.27. The van der Waals surface area contributed by atoms with Crippen molar-refractivity contribution in [3.8, 4) is 0 Å². The molecular formula is C14H29N3O. The molecule has 1 heterocycles. The van der Waals surface area contributed by atoms with Crippen molar-refractivity contribution in [2.75, 3.05) is 39.3 Å². The smallest absolute Gasteiger partial charge is 0.226 e. The predicted octanol–water partition coefficient (Wildman–Crippen LogP) is 1.22. The Morgan fingerprint density at radius 3 is 2.50 bits per heavy atom. The molecule has 0 radical (unpaired) electrons. The van der Waals surface area contributed by atoms with Gasteiger partial charge in [0, 0.05) is 18.5 Å². The van der Waals surface area contributed by atoms with Crippen molar-refractivity contribution in [2.45, 2.75) is 40.0 Å². The molecule has 0 aromatic rings. The predicted molar refractivity (Wildman–Crippen MR) is 75.6 cm³/mol. The van der Waals surface area contributed by atoms with Crippen LogP contribution in [-0.2, 0) is 4.79 Å². The number of piperidine rings is 1. The second-order valence-corrected chi connectivity index (χ2v) is 5.50. The highest BCUT2D eigenvalue weighted by Gasteiger charge is 2.34. The minimum absolute atomic E-state index is 0.160. The van der Waals surface area contributed by atoms with Crippen molar-refractivity contribution in [3.63, 3.8) is 0 Å². The van der Waals surface area contributed by atoms with Crippen LogP contribution in [0.25, 0.3) is 0 Å². The lowest BCUT2D eigenvalue weighted by molar-refractivity contribution is -0.131. The van der Waals surface area contributed by atoms with E-state index in [0.29, 0.717) is 0 Å². The van der Waals surface area contributed by atoms with Gasteiger partial charge >= 0.3 is 0 Å². The summed E-state index contributed by atoms with van der Waals surface area (Å²) >= 11 is 0. The largest absolute Gasteiger partial charge is 0.354 e. The van der Waals surface area contributed by atoms with Crippen LogP contribution in [0.15, 0.2) is 0 Å². The molecule has 18 heavy (non-hydrogen) atoms. The van der Waals surface area contributed by atoms with Crippen LogP contribution in [0.1, 0.15) is 40.0 Å². The SMILES string of the molecule is CCCN(CC)CCNC(=O)C1(C)CCNCC1. The molecule has 1 rings (SSSR count). The first-order chi connectivity index (χ1) is 8.62. The molecule has 0 bridgehead atoms. The molecule has 0 aromatic carbocycles. The summed E-state index contributed by atoms with van der Waals surface area (Å²) < 4.78 is 0. The molecule has 0 aromatic heterocycles. The van der Waals surface area contributed by atoms with Crippen LogP contribution in [0.2, 0.25) is 0 Å². The molecule has 106 valence electrons. The summed E-state index contributed by atoms with van der Waals surface area (Å²) in [4.78, 5) is 14.6. The Bertz CT molecular complexity index is 249. The van der Waals surface area contributed by atoms with E-state index in [1.54, 1.807) is 0 Å². The molecule has 1 saturated heterocycles. The molecule has 4 heteroatoms. The van der Waals surface area contributed by atoms with E-state index >= 15 is 0 Å². The highest BCUT2D eigenvalue weighted by molar-refractivity contribution is 5.82. The topological polar surface area (TPSA) is 44.4 Å². The van der Waals surface area contributed by atoms with Gasteiger partial charge in [-0.15, -0.1) is 0 Å².